The monoisotopic (exact) mass is 360 g/mol. The van der Waals surface area contributed by atoms with Crippen molar-refractivity contribution in [3.8, 4) is 0 Å². The number of para-hydroxylation sites is 1. The average Bonchev–Trinajstić information content (AvgIpc) is 2.62. The number of carbonyl (C=O) groups is 2. The van der Waals surface area contributed by atoms with E-state index in [0.717, 1.165) is 25.3 Å². The molecule has 0 aromatic heterocycles. The fourth-order valence-corrected chi connectivity index (χ4v) is 3.05. The Morgan fingerprint density at radius 3 is 2.69 bits per heavy atom. The van der Waals surface area contributed by atoms with Gasteiger partial charge in [-0.1, -0.05) is 31.9 Å². The molecule has 3 atom stereocenters. The number of nitrogens with zero attached hydrogens (tertiary/aromatic N) is 1. The minimum absolute atomic E-state index is 0.103. The zero-order chi connectivity index (χ0) is 19.1. The molecular formula is C19H24N2O5. The SMILES string of the molecule is C[C@@H]1CCCC[C@H]1NC(=O)[C@@H](C)OC(=O)/C=C/c1ccccc1[N+](=O)[O-]. The molecule has 0 heterocycles. The summed E-state index contributed by atoms with van der Waals surface area (Å²) >= 11 is 0. The maximum Gasteiger partial charge on any atom is 0.331 e. The van der Waals surface area contributed by atoms with Crippen LogP contribution in [0.4, 0.5) is 5.69 Å². The molecule has 2 rings (SSSR count). The number of amides is 1. The van der Waals surface area contributed by atoms with Crippen molar-refractivity contribution in [2.45, 2.75) is 51.7 Å². The van der Waals surface area contributed by atoms with E-state index in [1.807, 2.05) is 0 Å². The molecule has 1 saturated carbocycles. The lowest BCUT2D eigenvalue weighted by atomic mass is 9.86. The molecule has 1 aromatic rings. The molecule has 0 aliphatic heterocycles. The molecule has 1 amide bonds. The number of hydrogen-bond donors (Lipinski definition) is 1. The van der Waals surface area contributed by atoms with E-state index >= 15 is 0 Å². The second-order valence-electron chi connectivity index (χ2n) is 6.61. The fourth-order valence-electron chi connectivity index (χ4n) is 3.05. The summed E-state index contributed by atoms with van der Waals surface area (Å²) in [5.41, 5.74) is 0.191. The number of rotatable bonds is 6. The summed E-state index contributed by atoms with van der Waals surface area (Å²) in [6.07, 6.45) is 5.76. The summed E-state index contributed by atoms with van der Waals surface area (Å²) < 4.78 is 5.10. The van der Waals surface area contributed by atoms with E-state index in [4.69, 9.17) is 4.74 Å². The van der Waals surface area contributed by atoms with E-state index in [-0.39, 0.29) is 17.6 Å². The zero-order valence-corrected chi connectivity index (χ0v) is 15.0. The number of esters is 1. The zero-order valence-electron chi connectivity index (χ0n) is 15.0. The van der Waals surface area contributed by atoms with Crippen molar-refractivity contribution in [3.05, 3.63) is 46.0 Å². The molecular weight excluding hydrogens is 336 g/mol. The van der Waals surface area contributed by atoms with Crippen molar-refractivity contribution >= 4 is 23.6 Å². The highest BCUT2D eigenvalue weighted by atomic mass is 16.6. The van der Waals surface area contributed by atoms with Crippen molar-refractivity contribution in [1.82, 2.24) is 5.32 Å². The molecule has 1 N–H and O–H groups in total. The molecule has 1 aromatic carbocycles. The van der Waals surface area contributed by atoms with Crippen LogP contribution in [0.2, 0.25) is 0 Å². The van der Waals surface area contributed by atoms with Crippen LogP contribution >= 0.6 is 0 Å². The van der Waals surface area contributed by atoms with Crippen molar-refractivity contribution in [2.75, 3.05) is 0 Å². The van der Waals surface area contributed by atoms with Gasteiger partial charge >= 0.3 is 5.97 Å². The summed E-state index contributed by atoms with van der Waals surface area (Å²) in [5, 5.41) is 13.9. The van der Waals surface area contributed by atoms with E-state index in [9.17, 15) is 19.7 Å². The summed E-state index contributed by atoms with van der Waals surface area (Å²) in [4.78, 5) is 34.5. The lowest BCUT2D eigenvalue weighted by Crippen LogP contribution is -2.45. The molecule has 1 fully saturated rings. The van der Waals surface area contributed by atoms with Gasteiger partial charge in [0.1, 0.15) is 0 Å². The summed E-state index contributed by atoms with van der Waals surface area (Å²) in [7, 11) is 0. The van der Waals surface area contributed by atoms with Crippen molar-refractivity contribution in [2.24, 2.45) is 5.92 Å². The molecule has 1 aliphatic carbocycles. The molecule has 140 valence electrons. The van der Waals surface area contributed by atoms with Crippen LogP contribution in [0.1, 0.15) is 45.1 Å². The van der Waals surface area contributed by atoms with Crippen LogP contribution in [0.15, 0.2) is 30.3 Å². The first-order chi connectivity index (χ1) is 12.4. The first kappa shape index (κ1) is 19.6. The quantitative estimate of drug-likeness (QED) is 0.363. The summed E-state index contributed by atoms with van der Waals surface area (Å²) in [6, 6.07) is 6.18. The first-order valence-corrected chi connectivity index (χ1v) is 8.81. The largest absolute Gasteiger partial charge is 0.449 e. The van der Waals surface area contributed by atoms with E-state index in [1.165, 1.54) is 31.6 Å². The maximum atomic E-state index is 12.2. The van der Waals surface area contributed by atoms with Gasteiger partial charge in [0.05, 0.1) is 10.5 Å². The van der Waals surface area contributed by atoms with Gasteiger partial charge in [0.15, 0.2) is 6.10 Å². The van der Waals surface area contributed by atoms with Crippen LogP contribution in [-0.4, -0.2) is 28.9 Å². The van der Waals surface area contributed by atoms with Crippen molar-refractivity contribution in [3.63, 3.8) is 0 Å². The maximum absolute atomic E-state index is 12.2. The van der Waals surface area contributed by atoms with Gasteiger partial charge in [-0.2, -0.15) is 0 Å². The van der Waals surface area contributed by atoms with E-state index in [1.54, 1.807) is 12.1 Å². The molecule has 26 heavy (non-hydrogen) atoms. The van der Waals surface area contributed by atoms with Gasteiger partial charge in [-0.25, -0.2) is 4.79 Å². The minimum atomic E-state index is -0.924. The van der Waals surface area contributed by atoms with Gasteiger partial charge in [-0.15, -0.1) is 0 Å². The van der Waals surface area contributed by atoms with Gasteiger partial charge in [-0.3, -0.25) is 14.9 Å². The number of hydrogen-bond acceptors (Lipinski definition) is 5. The number of nitro groups is 1. The Hall–Kier alpha value is -2.70. The van der Waals surface area contributed by atoms with Crippen LogP contribution in [0, 0.1) is 16.0 Å². The molecule has 1 aliphatic rings. The van der Waals surface area contributed by atoms with Crippen LogP contribution in [0.5, 0.6) is 0 Å². The van der Waals surface area contributed by atoms with Crippen LogP contribution in [0.25, 0.3) is 6.08 Å². The molecule has 0 spiro atoms. The Labute approximate surface area is 152 Å². The lowest BCUT2D eigenvalue weighted by Gasteiger charge is -2.30. The lowest BCUT2D eigenvalue weighted by molar-refractivity contribution is -0.385. The third-order valence-electron chi connectivity index (χ3n) is 4.63. The summed E-state index contributed by atoms with van der Waals surface area (Å²) in [6.45, 7) is 3.62. The Balaban J connectivity index is 1.90. The second-order valence-corrected chi connectivity index (χ2v) is 6.61. The highest BCUT2D eigenvalue weighted by Crippen LogP contribution is 2.24. The smallest absolute Gasteiger partial charge is 0.331 e. The topological polar surface area (TPSA) is 98.5 Å². The Kier molecular flexibility index (Phi) is 6.89. The highest BCUT2D eigenvalue weighted by molar-refractivity contribution is 5.91. The Bertz CT molecular complexity index is 701. The average molecular weight is 360 g/mol. The predicted octanol–water partition coefficient (Wildman–Crippen LogP) is 3.23. The number of benzene rings is 1. The molecule has 0 saturated heterocycles. The van der Waals surface area contributed by atoms with Gasteiger partial charge < -0.3 is 10.1 Å². The second kappa shape index (κ2) is 9.12. The standard InChI is InChI=1S/C19H24N2O5/c1-13-7-3-5-9-16(13)20-19(23)14(2)26-18(22)12-11-15-8-4-6-10-17(15)21(24)25/h4,6,8,10-14,16H,3,5,7,9H2,1-2H3,(H,20,23)/b12-11+/t13-,14-,16-/m1/s1. The molecule has 7 heteroatoms. The molecule has 0 unspecified atom stereocenters. The highest BCUT2D eigenvalue weighted by Gasteiger charge is 2.26. The van der Waals surface area contributed by atoms with E-state index < -0.39 is 17.0 Å². The third-order valence-corrected chi connectivity index (χ3v) is 4.63. The van der Waals surface area contributed by atoms with Gasteiger partial charge in [0, 0.05) is 18.2 Å². The fraction of sp³-hybridized carbons (Fsp3) is 0.474. The predicted molar refractivity (Wildman–Crippen MR) is 97.2 cm³/mol. The van der Waals surface area contributed by atoms with Gasteiger partial charge in [0.2, 0.25) is 0 Å². The number of nitro benzene ring substituents is 1. The van der Waals surface area contributed by atoms with E-state index in [0.29, 0.717) is 11.5 Å². The normalized spacial score (nSPS) is 21.2. The van der Waals surface area contributed by atoms with Crippen LogP contribution in [-0.2, 0) is 14.3 Å². The summed E-state index contributed by atoms with van der Waals surface area (Å²) in [5.74, 6) is -0.632. The van der Waals surface area contributed by atoms with Gasteiger partial charge in [0.25, 0.3) is 11.6 Å². The Morgan fingerprint density at radius 1 is 1.31 bits per heavy atom. The minimum Gasteiger partial charge on any atom is -0.449 e. The van der Waals surface area contributed by atoms with Crippen LogP contribution < -0.4 is 5.32 Å². The first-order valence-electron chi connectivity index (χ1n) is 8.81. The van der Waals surface area contributed by atoms with Crippen molar-refractivity contribution in [1.29, 1.82) is 0 Å². The number of ether oxygens (including phenoxy) is 1. The number of nitrogens with one attached hydrogen (secondary N) is 1. The molecule has 0 radical (unpaired) electrons. The van der Waals surface area contributed by atoms with Crippen molar-refractivity contribution < 1.29 is 19.2 Å². The van der Waals surface area contributed by atoms with E-state index in [2.05, 4.69) is 12.2 Å². The van der Waals surface area contributed by atoms with Crippen LogP contribution in [0.3, 0.4) is 0 Å². The molecule has 0 bridgehead atoms. The number of carbonyl (C=O) groups excluding carboxylic acids is 2. The van der Waals surface area contributed by atoms with Gasteiger partial charge in [-0.05, 0) is 37.8 Å². The Morgan fingerprint density at radius 2 is 2.00 bits per heavy atom. The third kappa shape index (κ3) is 5.40. The molecule has 7 nitrogen and oxygen atoms in total.